The smallest absolute Gasteiger partial charge is 0.209 e. The van der Waals surface area contributed by atoms with Crippen LogP contribution in [0, 0.1) is 6.92 Å². The molecule has 0 aliphatic heterocycles. The molecule has 0 amide bonds. The fraction of sp³-hybridized carbons (Fsp3) is 0.0909. The number of nitrogens with zero attached hydrogens (tertiary/aromatic N) is 1. The molecule has 0 unspecified atom stereocenters. The Kier molecular flexibility index (Phi) is 4.33. The quantitative estimate of drug-likeness (QED) is 0.450. The number of hydrogen-bond donors (Lipinski definition) is 0. The Balaban J connectivity index is 2.04. The summed E-state index contributed by atoms with van der Waals surface area (Å²) in [4.78, 5) is 0.609. The maximum absolute atomic E-state index is 13.7. The Hall–Kier alpha value is -2.56. The number of aryl methyl sites for hydroxylation is 1. The Labute approximate surface area is 163 Å². The highest BCUT2D eigenvalue weighted by molar-refractivity contribution is 7.92. The predicted molar refractivity (Wildman–Crippen MR) is 110 cm³/mol. The van der Waals surface area contributed by atoms with E-state index < -0.39 is 9.84 Å². The molecule has 5 heteroatoms. The molecule has 136 valence electrons. The number of sulfone groups is 1. The molecule has 4 rings (SSSR count). The molecular formula is C22H18ClNO2S. The van der Waals surface area contributed by atoms with E-state index in [0.29, 0.717) is 26.7 Å². The highest BCUT2D eigenvalue weighted by Gasteiger charge is 2.28. The molecule has 1 heterocycles. The summed E-state index contributed by atoms with van der Waals surface area (Å²) in [5.41, 5.74) is 2.92. The monoisotopic (exact) mass is 395 g/mol. The van der Waals surface area contributed by atoms with E-state index in [2.05, 4.69) is 0 Å². The Morgan fingerprint density at radius 2 is 1.41 bits per heavy atom. The van der Waals surface area contributed by atoms with Gasteiger partial charge in [0.05, 0.1) is 4.90 Å². The van der Waals surface area contributed by atoms with E-state index in [4.69, 9.17) is 11.6 Å². The van der Waals surface area contributed by atoms with E-state index >= 15 is 0 Å². The van der Waals surface area contributed by atoms with E-state index in [9.17, 15) is 8.42 Å². The third-order valence-electron chi connectivity index (χ3n) is 4.95. The van der Waals surface area contributed by atoms with Crippen molar-refractivity contribution in [3.8, 4) is 11.1 Å². The topological polar surface area (TPSA) is 39.1 Å². The summed E-state index contributed by atoms with van der Waals surface area (Å²) in [6, 6.07) is 21.9. The van der Waals surface area contributed by atoms with Gasteiger partial charge in [0.1, 0.15) is 4.90 Å². The lowest BCUT2D eigenvalue weighted by Crippen LogP contribution is -2.06. The largest absolute Gasteiger partial charge is 0.347 e. The van der Waals surface area contributed by atoms with Crippen LogP contribution < -0.4 is 0 Å². The molecule has 4 aromatic rings. The van der Waals surface area contributed by atoms with E-state index in [0.717, 1.165) is 10.9 Å². The van der Waals surface area contributed by atoms with Gasteiger partial charge in [-0.05, 0) is 25.1 Å². The molecule has 0 atom stereocenters. The van der Waals surface area contributed by atoms with Crippen LogP contribution >= 0.6 is 11.6 Å². The van der Waals surface area contributed by atoms with Gasteiger partial charge in [0, 0.05) is 39.8 Å². The number of halogens is 1. The van der Waals surface area contributed by atoms with Crippen molar-refractivity contribution in [2.75, 3.05) is 0 Å². The van der Waals surface area contributed by atoms with Gasteiger partial charge in [0.15, 0.2) is 0 Å². The molecule has 0 spiro atoms. The molecule has 0 radical (unpaired) electrons. The fourth-order valence-electron chi connectivity index (χ4n) is 3.54. The lowest BCUT2D eigenvalue weighted by molar-refractivity contribution is 0.596. The van der Waals surface area contributed by atoms with Crippen LogP contribution in [0.5, 0.6) is 0 Å². The van der Waals surface area contributed by atoms with Gasteiger partial charge in [0.2, 0.25) is 9.84 Å². The highest BCUT2D eigenvalue weighted by Crippen LogP contribution is 2.38. The third kappa shape index (κ3) is 2.76. The number of rotatable bonds is 3. The molecule has 0 bridgehead atoms. The second-order valence-corrected chi connectivity index (χ2v) is 8.73. The average molecular weight is 396 g/mol. The van der Waals surface area contributed by atoms with Gasteiger partial charge < -0.3 is 4.57 Å². The summed E-state index contributed by atoms with van der Waals surface area (Å²) < 4.78 is 29.4. The molecule has 0 aliphatic rings. The van der Waals surface area contributed by atoms with Gasteiger partial charge in [-0.1, -0.05) is 66.2 Å². The summed E-state index contributed by atoms with van der Waals surface area (Å²) >= 11 is 6.36. The van der Waals surface area contributed by atoms with E-state index in [-0.39, 0.29) is 4.90 Å². The van der Waals surface area contributed by atoms with Gasteiger partial charge in [-0.2, -0.15) is 0 Å². The molecule has 1 aromatic heterocycles. The Bertz CT molecular complexity index is 1270. The number of fused-ring (bicyclic) bond motifs is 1. The number of benzene rings is 3. The van der Waals surface area contributed by atoms with Crippen molar-refractivity contribution in [3.63, 3.8) is 0 Å². The molecular weight excluding hydrogens is 378 g/mol. The lowest BCUT2D eigenvalue weighted by Gasteiger charge is -2.12. The highest BCUT2D eigenvalue weighted by atomic mass is 35.5. The van der Waals surface area contributed by atoms with Crippen molar-refractivity contribution in [1.82, 2.24) is 4.57 Å². The second-order valence-electron chi connectivity index (χ2n) is 6.47. The predicted octanol–water partition coefficient (Wildman–Crippen LogP) is 5.64. The molecule has 3 nitrogen and oxygen atoms in total. The normalized spacial score (nSPS) is 11.8. The van der Waals surface area contributed by atoms with Gasteiger partial charge in [-0.3, -0.25) is 0 Å². The molecule has 27 heavy (non-hydrogen) atoms. The minimum Gasteiger partial charge on any atom is -0.347 e. The molecule has 0 saturated heterocycles. The van der Waals surface area contributed by atoms with Crippen LogP contribution in [0.4, 0.5) is 0 Å². The maximum Gasteiger partial charge on any atom is 0.209 e. The van der Waals surface area contributed by atoms with Crippen LogP contribution in [0.25, 0.3) is 22.0 Å². The van der Waals surface area contributed by atoms with Crippen LogP contribution in [0.2, 0.25) is 5.02 Å². The van der Waals surface area contributed by atoms with Crippen LogP contribution in [0.3, 0.4) is 0 Å². The van der Waals surface area contributed by atoms with Gasteiger partial charge >= 0.3 is 0 Å². The van der Waals surface area contributed by atoms with Crippen LogP contribution in [-0.4, -0.2) is 13.0 Å². The zero-order valence-electron chi connectivity index (χ0n) is 15.0. The zero-order chi connectivity index (χ0) is 19.2. The van der Waals surface area contributed by atoms with E-state index in [1.807, 2.05) is 67.1 Å². The van der Waals surface area contributed by atoms with Crippen LogP contribution in [0.15, 0.2) is 82.6 Å². The minimum atomic E-state index is -3.75. The van der Waals surface area contributed by atoms with Gasteiger partial charge in [-0.25, -0.2) is 8.42 Å². The average Bonchev–Trinajstić information content (AvgIpc) is 2.94. The first kappa shape index (κ1) is 17.8. The van der Waals surface area contributed by atoms with Gasteiger partial charge in [0.25, 0.3) is 0 Å². The third-order valence-corrected chi connectivity index (χ3v) is 7.27. The van der Waals surface area contributed by atoms with Crippen molar-refractivity contribution in [2.24, 2.45) is 7.05 Å². The molecule has 0 fully saturated rings. The first-order chi connectivity index (χ1) is 12.9. The molecule has 0 aliphatic carbocycles. The minimum absolute atomic E-state index is 0.262. The standard InChI is InChI=1S/C22H18ClNO2S/c1-15-22(18-11-4-7-13-20(18)24(15)2)27(25,26)21-14-8-5-10-17(21)16-9-3-6-12-19(16)23/h3-14H,1-2H3. The first-order valence-electron chi connectivity index (χ1n) is 8.56. The Morgan fingerprint density at radius 1 is 0.815 bits per heavy atom. The summed E-state index contributed by atoms with van der Waals surface area (Å²) in [6.45, 7) is 1.84. The molecule has 3 aromatic carbocycles. The summed E-state index contributed by atoms with van der Waals surface area (Å²) in [5.74, 6) is 0. The summed E-state index contributed by atoms with van der Waals surface area (Å²) in [6.07, 6.45) is 0. The van der Waals surface area contributed by atoms with E-state index in [1.54, 1.807) is 24.3 Å². The first-order valence-corrected chi connectivity index (χ1v) is 10.4. The van der Waals surface area contributed by atoms with Crippen molar-refractivity contribution < 1.29 is 8.42 Å². The Morgan fingerprint density at radius 3 is 2.15 bits per heavy atom. The van der Waals surface area contributed by atoms with Crippen LogP contribution in [-0.2, 0) is 16.9 Å². The summed E-state index contributed by atoms with van der Waals surface area (Å²) in [5, 5.41) is 1.25. The number of para-hydroxylation sites is 1. The van der Waals surface area contributed by atoms with Crippen molar-refractivity contribution in [3.05, 3.63) is 83.5 Å². The molecule has 0 N–H and O–H groups in total. The van der Waals surface area contributed by atoms with E-state index in [1.165, 1.54) is 0 Å². The molecule has 0 saturated carbocycles. The maximum atomic E-state index is 13.7. The SMILES string of the molecule is Cc1c(S(=O)(=O)c2ccccc2-c2ccccc2Cl)c2ccccc2n1C. The lowest BCUT2D eigenvalue weighted by atomic mass is 10.1. The number of aromatic nitrogens is 1. The van der Waals surface area contributed by atoms with Crippen molar-refractivity contribution in [1.29, 1.82) is 0 Å². The van der Waals surface area contributed by atoms with Crippen LogP contribution in [0.1, 0.15) is 5.69 Å². The summed E-state index contributed by atoms with van der Waals surface area (Å²) in [7, 11) is -1.86. The fourth-order valence-corrected chi connectivity index (χ4v) is 5.71. The number of hydrogen-bond acceptors (Lipinski definition) is 2. The van der Waals surface area contributed by atoms with Crippen molar-refractivity contribution in [2.45, 2.75) is 16.7 Å². The van der Waals surface area contributed by atoms with Gasteiger partial charge in [-0.15, -0.1) is 0 Å². The zero-order valence-corrected chi connectivity index (χ0v) is 16.6. The second kappa shape index (κ2) is 6.55. The van der Waals surface area contributed by atoms with Crippen molar-refractivity contribution >= 4 is 32.3 Å².